The first-order chi connectivity index (χ1) is 13.6. The van der Waals surface area contributed by atoms with Gasteiger partial charge in [0.1, 0.15) is 0 Å². The molecule has 142 valence electrons. The van der Waals surface area contributed by atoms with Crippen molar-refractivity contribution in [2.45, 2.75) is 25.9 Å². The van der Waals surface area contributed by atoms with Crippen molar-refractivity contribution in [3.8, 4) is 0 Å². The third-order valence-electron chi connectivity index (χ3n) is 4.69. The normalized spacial score (nSPS) is 13.4. The third-order valence-corrected chi connectivity index (χ3v) is 4.69. The van der Waals surface area contributed by atoms with E-state index >= 15 is 0 Å². The standard InChI is InChI=1S/C25H26N2O/c1-19(21-12-6-3-7-13-21)26-24(23-16-10-5-11-17-23)18-25(28)27-20(2)22-14-8-4-9-15-22/h3-20,26H,1-2H3,(H,27,28)/b24-18-/t19-,20-/m1/s1. The Bertz CT molecular complexity index is 905. The summed E-state index contributed by atoms with van der Waals surface area (Å²) < 4.78 is 0. The number of carbonyl (C=O) groups excluding carboxylic acids is 1. The van der Waals surface area contributed by atoms with E-state index in [-0.39, 0.29) is 18.0 Å². The summed E-state index contributed by atoms with van der Waals surface area (Å²) >= 11 is 0. The Hall–Kier alpha value is -3.33. The Balaban J connectivity index is 1.79. The first kappa shape index (κ1) is 19.4. The van der Waals surface area contributed by atoms with Crippen LogP contribution in [0.2, 0.25) is 0 Å². The zero-order valence-electron chi connectivity index (χ0n) is 16.3. The van der Waals surface area contributed by atoms with Gasteiger partial charge in [-0.1, -0.05) is 91.0 Å². The average molecular weight is 370 g/mol. The van der Waals surface area contributed by atoms with Crippen LogP contribution in [0.5, 0.6) is 0 Å². The first-order valence-electron chi connectivity index (χ1n) is 9.57. The van der Waals surface area contributed by atoms with Crippen molar-refractivity contribution in [3.05, 3.63) is 114 Å². The summed E-state index contributed by atoms with van der Waals surface area (Å²) in [5.74, 6) is -0.122. The van der Waals surface area contributed by atoms with Gasteiger partial charge in [-0.15, -0.1) is 0 Å². The maximum atomic E-state index is 12.7. The molecule has 1 amide bonds. The molecule has 0 saturated heterocycles. The van der Waals surface area contributed by atoms with E-state index in [0.29, 0.717) is 0 Å². The molecule has 3 heteroatoms. The summed E-state index contributed by atoms with van der Waals surface area (Å²) in [4.78, 5) is 12.7. The molecule has 0 spiro atoms. The molecule has 0 radical (unpaired) electrons. The molecule has 3 aromatic carbocycles. The van der Waals surface area contributed by atoms with Gasteiger partial charge in [0, 0.05) is 17.8 Å². The fourth-order valence-corrected chi connectivity index (χ4v) is 3.10. The Morgan fingerprint density at radius 1 is 0.679 bits per heavy atom. The van der Waals surface area contributed by atoms with E-state index in [9.17, 15) is 4.79 Å². The number of nitrogens with one attached hydrogen (secondary N) is 2. The smallest absolute Gasteiger partial charge is 0.246 e. The molecule has 0 aliphatic heterocycles. The molecule has 0 heterocycles. The molecular formula is C25H26N2O. The minimum atomic E-state index is -0.122. The van der Waals surface area contributed by atoms with Gasteiger partial charge in [-0.25, -0.2) is 0 Å². The molecule has 3 aromatic rings. The van der Waals surface area contributed by atoms with Crippen LogP contribution in [0, 0.1) is 0 Å². The molecule has 3 rings (SSSR count). The predicted octanol–water partition coefficient (Wildman–Crippen LogP) is 5.26. The SMILES string of the molecule is C[C@@H](NC(=O)/C=C(\N[C@H](C)c1ccccc1)c1ccccc1)c1ccccc1. The highest BCUT2D eigenvalue weighted by Gasteiger charge is 2.12. The second kappa shape index (κ2) is 9.56. The summed E-state index contributed by atoms with van der Waals surface area (Å²) in [5, 5.41) is 6.55. The van der Waals surface area contributed by atoms with Crippen LogP contribution in [0.4, 0.5) is 0 Å². The van der Waals surface area contributed by atoms with Crippen LogP contribution in [0.25, 0.3) is 5.70 Å². The molecule has 0 unspecified atom stereocenters. The lowest BCUT2D eigenvalue weighted by molar-refractivity contribution is -0.117. The molecule has 0 fully saturated rings. The Kier molecular flexibility index (Phi) is 6.64. The molecule has 0 aliphatic rings. The minimum absolute atomic E-state index is 0.0616. The van der Waals surface area contributed by atoms with Crippen molar-refractivity contribution >= 4 is 11.6 Å². The molecule has 0 saturated carbocycles. The first-order valence-corrected chi connectivity index (χ1v) is 9.57. The predicted molar refractivity (Wildman–Crippen MR) is 115 cm³/mol. The second-order valence-corrected chi connectivity index (χ2v) is 6.84. The summed E-state index contributed by atoms with van der Waals surface area (Å²) in [6.07, 6.45) is 1.65. The molecule has 0 bridgehead atoms. The maximum absolute atomic E-state index is 12.7. The zero-order valence-corrected chi connectivity index (χ0v) is 16.3. The fourth-order valence-electron chi connectivity index (χ4n) is 3.10. The van der Waals surface area contributed by atoms with Gasteiger partial charge < -0.3 is 10.6 Å². The summed E-state index contributed by atoms with van der Waals surface area (Å²) in [6.45, 7) is 4.08. The van der Waals surface area contributed by atoms with Gasteiger partial charge in [-0.05, 0) is 30.5 Å². The fraction of sp³-hybridized carbons (Fsp3) is 0.160. The highest BCUT2D eigenvalue weighted by atomic mass is 16.1. The number of carbonyl (C=O) groups is 1. The second-order valence-electron chi connectivity index (χ2n) is 6.84. The molecule has 2 N–H and O–H groups in total. The van der Waals surface area contributed by atoms with Gasteiger partial charge in [0.15, 0.2) is 0 Å². The Labute approximate surface area is 167 Å². The lowest BCUT2D eigenvalue weighted by Gasteiger charge is -2.19. The molecule has 0 aliphatic carbocycles. The topological polar surface area (TPSA) is 41.1 Å². The van der Waals surface area contributed by atoms with E-state index in [1.54, 1.807) is 6.08 Å². The van der Waals surface area contributed by atoms with Gasteiger partial charge in [0.2, 0.25) is 5.91 Å². The van der Waals surface area contributed by atoms with E-state index in [0.717, 1.165) is 16.8 Å². The molecular weight excluding hydrogens is 344 g/mol. The van der Waals surface area contributed by atoms with E-state index in [2.05, 4.69) is 29.7 Å². The molecule has 3 nitrogen and oxygen atoms in total. The van der Waals surface area contributed by atoms with Gasteiger partial charge in [-0.3, -0.25) is 4.79 Å². The third kappa shape index (κ3) is 5.34. The largest absolute Gasteiger partial charge is 0.378 e. The Morgan fingerprint density at radius 3 is 1.61 bits per heavy atom. The van der Waals surface area contributed by atoms with Crippen LogP contribution in [0.15, 0.2) is 97.1 Å². The van der Waals surface area contributed by atoms with Crippen molar-refractivity contribution in [1.29, 1.82) is 0 Å². The lowest BCUT2D eigenvalue weighted by atomic mass is 10.1. The molecule has 0 aromatic heterocycles. The van der Waals surface area contributed by atoms with E-state index in [1.165, 1.54) is 5.56 Å². The van der Waals surface area contributed by atoms with Crippen LogP contribution < -0.4 is 10.6 Å². The zero-order chi connectivity index (χ0) is 19.8. The van der Waals surface area contributed by atoms with Crippen LogP contribution in [0.1, 0.15) is 42.6 Å². The van der Waals surface area contributed by atoms with Crippen LogP contribution in [-0.4, -0.2) is 5.91 Å². The number of hydrogen-bond acceptors (Lipinski definition) is 2. The van der Waals surface area contributed by atoms with Gasteiger partial charge in [-0.2, -0.15) is 0 Å². The number of benzene rings is 3. The van der Waals surface area contributed by atoms with Crippen molar-refractivity contribution < 1.29 is 4.79 Å². The van der Waals surface area contributed by atoms with Crippen LogP contribution >= 0.6 is 0 Å². The molecule has 2 atom stereocenters. The number of rotatable bonds is 7. The average Bonchev–Trinajstić information content (AvgIpc) is 2.75. The highest BCUT2D eigenvalue weighted by molar-refractivity contribution is 5.95. The highest BCUT2D eigenvalue weighted by Crippen LogP contribution is 2.19. The van der Waals surface area contributed by atoms with Crippen LogP contribution in [0.3, 0.4) is 0 Å². The maximum Gasteiger partial charge on any atom is 0.246 e. The van der Waals surface area contributed by atoms with Crippen molar-refractivity contribution in [2.24, 2.45) is 0 Å². The van der Waals surface area contributed by atoms with Crippen molar-refractivity contribution in [1.82, 2.24) is 10.6 Å². The lowest BCUT2D eigenvalue weighted by Crippen LogP contribution is -2.26. The minimum Gasteiger partial charge on any atom is -0.378 e. The molecule has 28 heavy (non-hydrogen) atoms. The monoisotopic (exact) mass is 370 g/mol. The van der Waals surface area contributed by atoms with Gasteiger partial charge in [0.25, 0.3) is 0 Å². The van der Waals surface area contributed by atoms with Crippen LogP contribution in [-0.2, 0) is 4.79 Å². The van der Waals surface area contributed by atoms with E-state index in [4.69, 9.17) is 0 Å². The van der Waals surface area contributed by atoms with Crippen molar-refractivity contribution in [2.75, 3.05) is 0 Å². The van der Waals surface area contributed by atoms with Crippen molar-refractivity contribution in [3.63, 3.8) is 0 Å². The van der Waals surface area contributed by atoms with E-state index in [1.807, 2.05) is 85.8 Å². The Morgan fingerprint density at radius 2 is 1.11 bits per heavy atom. The van der Waals surface area contributed by atoms with Gasteiger partial charge >= 0.3 is 0 Å². The summed E-state index contributed by atoms with van der Waals surface area (Å²) in [7, 11) is 0. The summed E-state index contributed by atoms with van der Waals surface area (Å²) in [5.41, 5.74) is 4.03. The van der Waals surface area contributed by atoms with E-state index < -0.39 is 0 Å². The number of hydrogen-bond donors (Lipinski definition) is 2. The number of amides is 1. The summed E-state index contributed by atoms with van der Waals surface area (Å²) in [6, 6.07) is 30.1. The quantitative estimate of drug-likeness (QED) is 0.557. The van der Waals surface area contributed by atoms with Gasteiger partial charge in [0.05, 0.1) is 6.04 Å².